The molecule has 0 bridgehead atoms. The molecule has 1 amide bonds. The van der Waals surface area contributed by atoms with Gasteiger partial charge in [0.15, 0.2) is 0 Å². The van der Waals surface area contributed by atoms with Crippen LogP contribution in [0.4, 0.5) is 14.6 Å². The summed E-state index contributed by atoms with van der Waals surface area (Å²) in [5.41, 5.74) is 0.745. The normalized spacial score (nSPS) is 29.4. The smallest absolute Gasteiger partial charge is 0.260 e. The summed E-state index contributed by atoms with van der Waals surface area (Å²) >= 11 is 0. The molecule has 4 rings (SSSR count). The first-order valence-electron chi connectivity index (χ1n) is 11.1. The molecule has 3 aliphatic heterocycles. The maximum absolute atomic E-state index is 13.7. The SMILES string of the molecule is Cc1cc2n(n1)[C@@H](C(F)F)C[C@@H]([C@H]1CCCN(C(=O)[C@@H](C)N3CCCCC3)C1)N2. The quantitative estimate of drug-likeness (QED) is 0.829. The molecule has 1 aromatic heterocycles. The number of aryl methyl sites for hydroxylation is 1. The van der Waals surface area contributed by atoms with E-state index in [9.17, 15) is 13.6 Å². The molecule has 29 heavy (non-hydrogen) atoms. The third-order valence-electron chi connectivity index (χ3n) is 6.93. The van der Waals surface area contributed by atoms with Crippen molar-refractivity contribution in [3.8, 4) is 0 Å². The lowest BCUT2D eigenvalue weighted by molar-refractivity contribution is -0.138. The molecule has 162 valence electrons. The van der Waals surface area contributed by atoms with Crippen LogP contribution in [0.5, 0.6) is 0 Å². The summed E-state index contributed by atoms with van der Waals surface area (Å²) in [6.07, 6.45) is 3.36. The van der Waals surface area contributed by atoms with Crippen molar-refractivity contribution in [2.24, 2.45) is 5.92 Å². The van der Waals surface area contributed by atoms with Gasteiger partial charge >= 0.3 is 0 Å². The van der Waals surface area contributed by atoms with Crippen molar-refractivity contribution >= 4 is 11.7 Å². The molecular formula is C21H33F2N5O. The monoisotopic (exact) mass is 409 g/mol. The second kappa shape index (κ2) is 8.58. The van der Waals surface area contributed by atoms with Gasteiger partial charge < -0.3 is 10.2 Å². The van der Waals surface area contributed by atoms with Crippen molar-refractivity contribution in [3.63, 3.8) is 0 Å². The highest BCUT2D eigenvalue weighted by Gasteiger charge is 2.39. The van der Waals surface area contributed by atoms with Crippen LogP contribution >= 0.6 is 0 Å². The van der Waals surface area contributed by atoms with Gasteiger partial charge in [-0.15, -0.1) is 0 Å². The van der Waals surface area contributed by atoms with E-state index >= 15 is 0 Å². The van der Waals surface area contributed by atoms with Gasteiger partial charge in [-0.3, -0.25) is 9.69 Å². The van der Waals surface area contributed by atoms with Gasteiger partial charge in [0.05, 0.1) is 11.7 Å². The topological polar surface area (TPSA) is 53.4 Å². The number of hydrogen-bond acceptors (Lipinski definition) is 4. The van der Waals surface area contributed by atoms with Crippen LogP contribution in [0.25, 0.3) is 0 Å². The molecule has 4 heterocycles. The number of amides is 1. The summed E-state index contributed by atoms with van der Waals surface area (Å²) in [4.78, 5) is 17.4. The number of halogens is 2. The van der Waals surface area contributed by atoms with Gasteiger partial charge in [0.25, 0.3) is 6.43 Å². The molecule has 3 aliphatic rings. The molecule has 0 aromatic carbocycles. The zero-order valence-corrected chi connectivity index (χ0v) is 17.5. The van der Waals surface area contributed by atoms with E-state index in [1.54, 1.807) is 0 Å². The van der Waals surface area contributed by atoms with Crippen molar-refractivity contribution in [2.45, 2.75) is 76.9 Å². The van der Waals surface area contributed by atoms with Gasteiger partial charge in [0.1, 0.15) is 11.9 Å². The Kier molecular flexibility index (Phi) is 6.08. The third kappa shape index (κ3) is 4.27. The predicted molar refractivity (Wildman–Crippen MR) is 108 cm³/mol. The molecule has 0 aliphatic carbocycles. The summed E-state index contributed by atoms with van der Waals surface area (Å²) in [6, 6.07) is 0.791. The van der Waals surface area contributed by atoms with E-state index < -0.39 is 12.5 Å². The van der Waals surface area contributed by atoms with Crippen molar-refractivity contribution in [3.05, 3.63) is 11.8 Å². The Hall–Kier alpha value is -1.70. The van der Waals surface area contributed by atoms with Crippen LogP contribution in [0.15, 0.2) is 6.07 Å². The van der Waals surface area contributed by atoms with Crippen molar-refractivity contribution in [1.82, 2.24) is 19.6 Å². The minimum Gasteiger partial charge on any atom is -0.367 e. The molecule has 1 aromatic rings. The highest BCUT2D eigenvalue weighted by Crippen LogP contribution is 2.36. The number of alkyl halides is 2. The molecule has 1 N–H and O–H groups in total. The Balaban J connectivity index is 1.43. The van der Waals surface area contributed by atoms with Crippen LogP contribution in [0, 0.1) is 12.8 Å². The van der Waals surface area contributed by atoms with Crippen LogP contribution in [0.2, 0.25) is 0 Å². The number of nitrogens with one attached hydrogen (secondary N) is 1. The first kappa shape index (κ1) is 20.6. The molecule has 0 radical (unpaired) electrons. The molecule has 0 spiro atoms. The van der Waals surface area contributed by atoms with Crippen LogP contribution in [0.3, 0.4) is 0 Å². The lowest BCUT2D eigenvalue weighted by atomic mass is 9.85. The second-order valence-corrected chi connectivity index (χ2v) is 8.96. The number of aromatic nitrogens is 2. The van der Waals surface area contributed by atoms with Gasteiger partial charge in [0.2, 0.25) is 5.91 Å². The van der Waals surface area contributed by atoms with E-state index in [2.05, 4.69) is 15.3 Å². The molecule has 2 saturated heterocycles. The number of carbonyl (C=O) groups is 1. The largest absolute Gasteiger partial charge is 0.367 e. The van der Waals surface area contributed by atoms with Crippen molar-refractivity contribution < 1.29 is 13.6 Å². The maximum Gasteiger partial charge on any atom is 0.260 e. The molecule has 2 fully saturated rings. The summed E-state index contributed by atoms with van der Waals surface area (Å²) in [5.74, 6) is 1.05. The number of piperidine rings is 2. The fourth-order valence-electron chi connectivity index (χ4n) is 5.27. The number of carbonyl (C=O) groups excluding carboxylic acids is 1. The molecule has 6 nitrogen and oxygen atoms in total. The Morgan fingerprint density at radius 3 is 2.69 bits per heavy atom. The van der Waals surface area contributed by atoms with Crippen molar-refractivity contribution in [1.29, 1.82) is 0 Å². The highest BCUT2D eigenvalue weighted by atomic mass is 19.3. The number of anilines is 1. The highest BCUT2D eigenvalue weighted by molar-refractivity contribution is 5.81. The fraction of sp³-hybridized carbons (Fsp3) is 0.810. The number of nitrogens with zero attached hydrogens (tertiary/aromatic N) is 4. The Morgan fingerprint density at radius 1 is 1.21 bits per heavy atom. The van der Waals surface area contributed by atoms with Crippen LogP contribution in [-0.4, -0.2) is 70.2 Å². The molecule has 8 heteroatoms. The Morgan fingerprint density at radius 2 is 1.97 bits per heavy atom. The van der Waals surface area contributed by atoms with E-state index in [0.717, 1.165) is 51.0 Å². The predicted octanol–water partition coefficient (Wildman–Crippen LogP) is 3.29. The van der Waals surface area contributed by atoms with E-state index in [0.29, 0.717) is 18.8 Å². The minimum atomic E-state index is -2.45. The number of likely N-dealkylation sites (tertiary alicyclic amines) is 2. The van der Waals surface area contributed by atoms with Gasteiger partial charge in [-0.05, 0) is 65.0 Å². The van der Waals surface area contributed by atoms with Crippen LogP contribution < -0.4 is 5.32 Å². The molecule has 0 unspecified atom stereocenters. The molecule has 0 saturated carbocycles. The summed E-state index contributed by atoms with van der Waals surface area (Å²) in [5, 5.41) is 7.70. The molecular weight excluding hydrogens is 376 g/mol. The first-order valence-corrected chi connectivity index (χ1v) is 11.1. The number of rotatable bonds is 4. The average molecular weight is 410 g/mol. The second-order valence-electron chi connectivity index (χ2n) is 8.96. The first-order chi connectivity index (χ1) is 13.9. The average Bonchev–Trinajstić information content (AvgIpc) is 3.12. The van der Waals surface area contributed by atoms with Crippen LogP contribution in [0.1, 0.15) is 57.2 Å². The van der Waals surface area contributed by atoms with Gasteiger partial charge in [-0.25, -0.2) is 13.5 Å². The standard InChI is InChI=1S/C21H33F2N5O/c1-14-11-19-24-17(12-18(20(22)23)28(19)25-14)16-7-6-10-27(13-16)21(29)15(2)26-8-4-3-5-9-26/h11,15-18,20,24H,3-10,12-13H2,1-2H3/t15-,16+,17+,18-/m1/s1. The summed E-state index contributed by atoms with van der Waals surface area (Å²) in [7, 11) is 0. The lowest BCUT2D eigenvalue weighted by Crippen LogP contribution is -2.53. The summed E-state index contributed by atoms with van der Waals surface area (Å²) < 4.78 is 28.9. The van der Waals surface area contributed by atoms with Crippen LogP contribution in [-0.2, 0) is 4.79 Å². The van der Waals surface area contributed by atoms with Gasteiger partial charge in [-0.2, -0.15) is 5.10 Å². The van der Waals surface area contributed by atoms with E-state index in [4.69, 9.17) is 0 Å². The van der Waals surface area contributed by atoms with Gasteiger partial charge in [-0.1, -0.05) is 6.42 Å². The minimum absolute atomic E-state index is 0.0570. The number of fused-ring (bicyclic) bond motifs is 1. The lowest BCUT2D eigenvalue weighted by Gasteiger charge is -2.42. The zero-order valence-electron chi connectivity index (χ0n) is 17.5. The maximum atomic E-state index is 13.7. The molecule has 4 atom stereocenters. The zero-order chi connectivity index (χ0) is 20.5. The number of hydrogen-bond donors (Lipinski definition) is 1. The Labute approximate surface area is 171 Å². The van der Waals surface area contributed by atoms with E-state index in [1.165, 1.54) is 11.1 Å². The van der Waals surface area contributed by atoms with Gasteiger partial charge in [0, 0.05) is 25.2 Å². The van der Waals surface area contributed by atoms with E-state index in [1.807, 2.05) is 24.8 Å². The Bertz CT molecular complexity index is 718. The summed E-state index contributed by atoms with van der Waals surface area (Å²) in [6.45, 7) is 7.26. The fourth-order valence-corrected chi connectivity index (χ4v) is 5.27. The third-order valence-corrected chi connectivity index (χ3v) is 6.93. The van der Waals surface area contributed by atoms with Crippen molar-refractivity contribution in [2.75, 3.05) is 31.5 Å². The van der Waals surface area contributed by atoms with E-state index in [-0.39, 0.29) is 23.9 Å².